The summed E-state index contributed by atoms with van der Waals surface area (Å²) >= 11 is 0. The van der Waals surface area contributed by atoms with Gasteiger partial charge in [0.2, 0.25) is 0 Å². The highest BCUT2D eigenvalue weighted by Crippen LogP contribution is 2.21. The number of carbonyl (C=O) groups is 1. The number of esters is 1. The summed E-state index contributed by atoms with van der Waals surface area (Å²) in [6.07, 6.45) is 1.03. The highest BCUT2D eigenvalue weighted by molar-refractivity contribution is 5.83. The Hall–Kier alpha value is -1.91. The van der Waals surface area contributed by atoms with Gasteiger partial charge in [0.05, 0.1) is 12.0 Å². The van der Waals surface area contributed by atoms with Gasteiger partial charge in [-0.15, -0.1) is 0 Å². The van der Waals surface area contributed by atoms with E-state index in [9.17, 15) is 4.79 Å². The monoisotopic (exact) mass is 344 g/mol. The lowest BCUT2D eigenvalue weighted by atomic mass is 9.91. The van der Waals surface area contributed by atoms with E-state index in [1.54, 1.807) is 7.11 Å². The van der Waals surface area contributed by atoms with Crippen LogP contribution in [-0.4, -0.2) is 32.6 Å². The molecule has 0 spiro atoms. The fourth-order valence-corrected chi connectivity index (χ4v) is 2.42. The highest BCUT2D eigenvalue weighted by atomic mass is 16.7. The molecule has 25 heavy (non-hydrogen) atoms. The second-order valence-corrected chi connectivity index (χ2v) is 6.80. The van der Waals surface area contributed by atoms with E-state index in [1.165, 1.54) is 10.8 Å². The zero-order valence-electron chi connectivity index (χ0n) is 15.6. The van der Waals surface area contributed by atoms with Crippen molar-refractivity contribution in [2.24, 2.45) is 5.41 Å². The van der Waals surface area contributed by atoms with Crippen molar-refractivity contribution in [3.05, 3.63) is 48.0 Å². The number of benzene rings is 2. The van der Waals surface area contributed by atoms with Crippen LogP contribution in [-0.2, 0) is 25.4 Å². The normalized spacial score (nSPS) is 13.0. The minimum absolute atomic E-state index is 0.193. The molecule has 0 fully saturated rings. The van der Waals surface area contributed by atoms with Gasteiger partial charge < -0.3 is 14.2 Å². The van der Waals surface area contributed by atoms with E-state index in [0.29, 0.717) is 13.0 Å². The van der Waals surface area contributed by atoms with Crippen LogP contribution >= 0.6 is 0 Å². The predicted octanol–water partition coefficient (Wildman–Crippen LogP) is 4.35. The van der Waals surface area contributed by atoms with Crippen LogP contribution in [0.1, 0.15) is 32.8 Å². The van der Waals surface area contributed by atoms with E-state index < -0.39 is 5.41 Å². The number of rotatable bonds is 9. The zero-order valence-corrected chi connectivity index (χ0v) is 15.6. The zero-order chi connectivity index (χ0) is 18.3. The first-order chi connectivity index (χ1) is 12.0. The fourth-order valence-electron chi connectivity index (χ4n) is 2.42. The predicted molar refractivity (Wildman–Crippen MR) is 99.4 cm³/mol. The lowest BCUT2D eigenvalue weighted by molar-refractivity contribution is -0.163. The van der Waals surface area contributed by atoms with Gasteiger partial charge in [0.15, 0.2) is 6.29 Å². The van der Waals surface area contributed by atoms with Crippen molar-refractivity contribution in [1.29, 1.82) is 0 Å². The summed E-state index contributed by atoms with van der Waals surface area (Å²) in [5, 5.41) is 2.41. The molecule has 0 bridgehead atoms. The molecular formula is C21H28O4. The molecule has 0 amide bonds. The summed E-state index contributed by atoms with van der Waals surface area (Å²) in [7, 11) is 1.62. The topological polar surface area (TPSA) is 44.8 Å². The van der Waals surface area contributed by atoms with E-state index in [2.05, 4.69) is 30.3 Å². The molecule has 0 N–H and O–H groups in total. The number of hydrogen-bond donors (Lipinski definition) is 0. The third-order valence-electron chi connectivity index (χ3n) is 4.54. The largest absolute Gasteiger partial charge is 0.463 e. The van der Waals surface area contributed by atoms with E-state index >= 15 is 0 Å². The minimum atomic E-state index is -0.453. The van der Waals surface area contributed by atoms with Gasteiger partial charge in [-0.05, 0) is 36.6 Å². The molecule has 0 saturated carbocycles. The van der Waals surface area contributed by atoms with Crippen LogP contribution in [0.15, 0.2) is 42.5 Å². The molecule has 0 aliphatic carbocycles. The maximum Gasteiger partial charge on any atom is 0.311 e. The van der Waals surface area contributed by atoms with Crippen molar-refractivity contribution in [2.75, 3.05) is 20.3 Å². The Morgan fingerprint density at radius 3 is 2.48 bits per heavy atom. The van der Waals surface area contributed by atoms with Gasteiger partial charge in [-0.25, -0.2) is 0 Å². The van der Waals surface area contributed by atoms with Crippen LogP contribution in [0.2, 0.25) is 0 Å². The summed E-state index contributed by atoms with van der Waals surface area (Å²) in [6, 6.07) is 14.6. The molecule has 1 atom stereocenters. The number of ether oxygens (including phenoxy) is 3. The lowest BCUT2D eigenvalue weighted by Gasteiger charge is -2.21. The lowest BCUT2D eigenvalue weighted by Crippen LogP contribution is -2.28. The van der Waals surface area contributed by atoms with Crippen LogP contribution in [0, 0.1) is 5.41 Å². The van der Waals surface area contributed by atoms with E-state index in [4.69, 9.17) is 14.2 Å². The molecule has 1 unspecified atom stereocenters. The summed E-state index contributed by atoms with van der Waals surface area (Å²) in [4.78, 5) is 11.9. The molecule has 2 aromatic rings. The molecule has 0 aliphatic rings. The van der Waals surface area contributed by atoms with Gasteiger partial charge >= 0.3 is 5.97 Å². The first kappa shape index (κ1) is 19.4. The first-order valence-corrected chi connectivity index (χ1v) is 8.75. The van der Waals surface area contributed by atoms with Gasteiger partial charge in [-0.1, -0.05) is 49.4 Å². The maximum absolute atomic E-state index is 11.9. The molecule has 0 saturated heterocycles. The van der Waals surface area contributed by atoms with Crippen LogP contribution in [0.25, 0.3) is 10.8 Å². The van der Waals surface area contributed by atoms with Crippen molar-refractivity contribution in [2.45, 2.75) is 39.9 Å². The van der Waals surface area contributed by atoms with Gasteiger partial charge in [-0.3, -0.25) is 4.79 Å². The van der Waals surface area contributed by atoms with Gasteiger partial charge in [0.1, 0.15) is 6.61 Å². The number of hydrogen-bond acceptors (Lipinski definition) is 4. The van der Waals surface area contributed by atoms with Crippen molar-refractivity contribution < 1.29 is 19.0 Å². The van der Waals surface area contributed by atoms with Gasteiger partial charge in [0.25, 0.3) is 0 Å². The molecule has 0 aromatic heterocycles. The second kappa shape index (κ2) is 8.97. The standard InChI is InChI=1S/C21H28O4/c1-5-21(2,3)20(22)25-13-12-24-19(23-4)15-16-10-11-17-8-6-7-9-18(17)14-16/h6-11,14,19H,5,12-13,15H2,1-4H3. The highest BCUT2D eigenvalue weighted by Gasteiger charge is 2.26. The molecular weight excluding hydrogens is 316 g/mol. The van der Waals surface area contributed by atoms with Gasteiger partial charge in [-0.2, -0.15) is 0 Å². The SMILES string of the molecule is CCC(C)(C)C(=O)OCCOC(Cc1ccc2ccccc2c1)OC. The summed E-state index contributed by atoms with van der Waals surface area (Å²) in [5.74, 6) is -0.193. The molecule has 0 heterocycles. The van der Waals surface area contributed by atoms with Crippen molar-refractivity contribution in [1.82, 2.24) is 0 Å². The average molecular weight is 344 g/mol. The third kappa shape index (κ3) is 5.55. The Labute approximate surface area is 150 Å². The fraction of sp³-hybridized carbons (Fsp3) is 0.476. The molecule has 4 nitrogen and oxygen atoms in total. The van der Waals surface area contributed by atoms with Crippen molar-refractivity contribution in [3.8, 4) is 0 Å². The molecule has 0 radical (unpaired) electrons. The number of carbonyl (C=O) groups excluding carboxylic acids is 1. The first-order valence-electron chi connectivity index (χ1n) is 8.75. The van der Waals surface area contributed by atoms with E-state index in [0.717, 1.165) is 12.0 Å². The summed E-state index contributed by atoms with van der Waals surface area (Å²) in [6.45, 7) is 6.29. The Morgan fingerprint density at radius 2 is 1.80 bits per heavy atom. The smallest absolute Gasteiger partial charge is 0.311 e. The van der Waals surface area contributed by atoms with Crippen LogP contribution < -0.4 is 0 Å². The molecule has 2 rings (SSSR count). The number of fused-ring (bicyclic) bond motifs is 1. The van der Waals surface area contributed by atoms with Crippen LogP contribution in [0.5, 0.6) is 0 Å². The number of methoxy groups -OCH3 is 1. The molecule has 4 heteroatoms. The summed E-state index contributed by atoms with van der Waals surface area (Å²) < 4.78 is 16.4. The van der Waals surface area contributed by atoms with Crippen LogP contribution in [0.3, 0.4) is 0 Å². The van der Waals surface area contributed by atoms with Crippen molar-refractivity contribution in [3.63, 3.8) is 0 Å². The van der Waals surface area contributed by atoms with Crippen molar-refractivity contribution >= 4 is 16.7 Å². The Balaban J connectivity index is 1.82. The Bertz CT molecular complexity index is 693. The summed E-state index contributed by atoms with van der Waals surface area (Å²) in [5.41, 5.74) is 0.695. The molecule has 0 aliphatic heterocycles. The molecule has 136 valence electrons. The second-order valence-electron chi connectivity index (χ2n) is 6.80. The Kier molecular flexibility index (Phi) is 6.97. The Morgan fingerprint density at radius 1 is 1.08 bits per heavy atom. The van der Waals surface area contributed by atoms with Crippen LogP contribution in [0.4, 0.5) is 0 Å². The third-order valence-corrected chi connectivity index (χ3v) is 4.54. The minimum Gasteiger partial charge on any atom is -0.463 e. The van der Waals surface area contributed by atoms with E-state index in [-0.39, 0.29) is 18.9 Å². The van der Waals surface area contributed by atoms with Gasteiger partial charge in [0, 0.05) is 13.5 Å². The molecule has 2 aromatic carbocycles. The maximum atomic E-state index is 11.9. The quantitative estimate of drug-likeness (QED) is 0.385. The average Bonchev–Trinajstić information content (AvgIpc) is 2.63. The van der Waals surface area contributed by atoms with E-state index in [1.807, 2.05) is 32.9 Å².